The SMILES string of the molecule is CCNc1cc(C(C)C)ncn1. The first-order chi connectivity index (χ1) is 5.74. The van der Waals surface area contributed by atoms with Crippen LogP contribution in [0.4, 0.5) is 5.82 Å². The highest BCUT2D eigenvalue weighted by Crippen LogP contribution is 2.12. The summed E-state index contributed by atoms with van der Waals surface area (Å²) < 4.78 is 0. The lowest BCUT2D eigenvalue weighted by Crippen LogP contribution is -2.01. The molecule has 0 bridgehead atoms. The van der Waals surface area contributed by atoms with Crippen molar-refractivity contribution in [2.24, 2.45) is 0 Å². The summed E-state index contributed by atoms with van der Waals surface area (Å²) in [4.78, 5) is 8.26. The highest BCUT2D eigenvalue weighted by Gasteiger charge is 2.01. The molecule has 0 atom stereocenters. The Labute approximate surface area is 73.2 Å². The van der Waals surface area contributed by atoms with Crippen LogP contribution in [0.2, 0.25) is 0 Å². The van der Waals surface area contributed by atoms with Crippen molar-refractivity contribution in [2.75, 3.05) is 11.9 Å². The van der Waals surface area contributed by atoms with E-state index in [2.05, 4.69) is 36.1 Å². The Bertz CT molecular complexity index is 245. The molecule has 0 unspecified atom stereocenters. The second-order valence-electron chi connectivity index (χ2n) is 3.01. The topological polar surface area (TPSA) is 37.8 Å². The zero-order valence-electron chi connectivity index (χ0n) is 7.83. The minimum Gasteiger partial charge on any atom is -0.370 e. The Morgan fingerprint density at radius 3 is 2.75 bits per heavy atom. The van der Waals surface area contributed by atoms with Crippen LogP contribution in [-0.4, -0.2) is 16.5 Å². The Balaban J connectivity index is 2.81. The molecule has 0 saturated heterocycles. The summed E-state index contributed by atoms with van der Waals surface area (Å²) in [7, 11) is 0. The third kappa shape index (κ3) is 2.19. The van der Waals surface area contributed by atoms with E-state index in [-0.39, 0.29) is 0 Å². The maximum absolute atomic E-state index is 4.17. The summed E-state index contributed by atoms with van der Waals surface area (Å²) in [6.07, 6.45) is 1.60. The third-order valence-corrected chi connectivity index (χ3v) is 1.64. The summed E-state index contributed by atoms with van der Waals surface area (Å²) in [5.41, 5.74) is 1.08. The van der Waals surface area contributed by atoms with Crippen LogP contribution in [-0.2, 0) is 0 Å². The molecule has 0 radical (unpaired) electrons. The average molecular weight is 165 g/mol. The predicted molar refractivity (Wildman–Crippen MR) is 50.3 cm³/mol. The maximum atomic E-state index is 4.17. The number of rotatable bonds is 3. The van der Waals surface area contributed by atoms with Crippen LogP contribution in [0.15, 0.2) is 12.4 Å². The van der Waals surface area contributed by atoms with E-state index >= 15 is 0 Å². The normalized spacial score (nSPS) is 10.3. The van der Waals surface area contributed by atoms with Gasteiger partial charge >= 0.3 is 0 Å². The lowest BCUT2D eigenvalue weighted by atomic mass is 10.1. The lowest BCUT2D eigenvalue weighted by Gasteiger charge is -2.06. The molecule has 1 heterocycles. The van der Waals surface area contributed by atoms with Gasteiger partial charge in [0.15, 0.2) is 0 Å². The van der Waals surface area contributed by atoms with Gasteiger partial charge in [0.25, 0.3) is 0 Å². The second kappa shape index (κ2) is 4.04. The molecular weight excluding hydrogens is 150 g/mol. The molecule has 0 fully saturated rings. The highest BCUT2D eigenvalue weighted by atomic mass is 15.0. The summed E-state index contributed by atoms with van der Waals surface area (Å²) in [5.74, 6) is 1.38. The van der Waals surface area contributed by atoms with Crippen molar-refractivity contribution in [1.82, 2.24) is 9.97 Å². The molecule has 1 rings (SSSR count). The molecule has 12 heavy (non-hydrogen) atoms. The van der Waals surface area contributed by atoms with E-state index in [4.69, 9.17) is 0 Å². The smallest absolute Gasteiger partial charge is 0.129 e. The molecule has 0 saturated carbocycles. The van der Waals surface area contributed by atoms with E-state index in [1.165, 1.54) is 0 Å². The number of hydrogen-bond acceptors (Lipinski definition) is 3. The Hall–Kier alpha value is -1.12. The zero-order valence-corrected chi connectivity index (χ0v) is 7.83. The van der Waals surface area contributed by atoms with Crippen LogP contribution in [0.5, 0.6) is 0 Å². The van der Waals surface area contributed by atoms with Gasteiger partial charge in [-0.2, -0.15) is 0 Å². The standard InChI is InChI=1S/C9H15N3/c1-4-10-9-5-8(7(2)3)11-6-12-9/h5-7H,4H2,1-3H3,(H,10,11,12). The van der Waals surface area contributed by atoms with Gasteiger partial charge in [-0.25, -0.2) is 9.97 Å². The average Bonchev–Trinajstić information content (AvgIpc) is 2.05. The summed E-state index contributed by atoms with van der Waals surface area (Å²) in [6, 6.07) is 1.99. The molecule has 0 aliphatic carbocycles. The van der Waals surface area contributed by atoms with Crippen LogP contribution >= 0.6 is 0 Å². The molecule has 0 amide bonds. The number of aromatic nitrogens is 2. The fourth-order valence-corrected chi connectivity index (χ4v) is 0.966. The Morgan fingerprint density at radius 1 is 1.42 bits per heavy atom. The van der Waals surface area contributed by atoms with Gasteiger partial charge in [0.1, 0.15) is 12.1 Å². The Morgan fingerprint density at radius 2 is 2.17 bits per heavy atom. The van der Waals surface area contributed by atoms with Crippen LogP contribution in [0.25, 0.3) is 0 Å². The highest BCUT2D eigenvalue weighted by molar-refractivity contribution is 5.35. The van der Waals surface area contributed by atoms with E-state index in [9.17, 15) is 0 Å². The molecule has 0 aliphatic heterocycles. The maximum Gasteiger partial charge on any atom is 0.129 e. The molecule has 0 aromatic carbocycles. The van der Waals surface area contributed by atoms with E-state index in [0.29, 0.717) is 5.92 Å². The minimum absolute atomic E-state index is 0.463. The van der Waals surface area contributed by atoms with Crippen molar-refractivity contribution in [3.05, 3.63) is 18.1 Å². The third-order valence-electron chi connectivity index (χ3n) is 1.64. The van der Waals surface area contributed by atoms with Crippen LogP contribution in [0, 0.1) is 0 Å². The fraction of sp³-hybridized carbons (Fsp3) is 0.556. The minimum atomic E-state index is 0.463. The monoisotopic (exact) mass is 165 g/mol. The van der Waals surface area contributed by atoms with Gasteiger partial charge in [0.05, 0.1) is 0 Å². The van der Waals surface area contributed by atoms with Crippen molar-refractivity contribution >= 4 is 5.82 Å². The van der Waals surface area contributed by atoms with Gasteiger partial charge in [-0.1, -0.05) is 13.8 Å². The molecule has 3 heteroatoms. The summed E-state index contributed by atoms with van der Waals surface area (Å²) in [5, 5.41) is 3.15. The van der Waals surface area contributed by atoms with Crippen LogP contribution in [0.1, 0.15) is 32.4 Å². The van der Waals surface area contributed by atoms with Gasteiger partial charge in [-0.15, -0.1) is 0 Å². The van der Waals surface area contributed by atoms with Crippen molar-refractivity contribution in [3.63, 3.8) is 0 Å². The first kappa shape index (κ1) is 8.97. The molecule has 66 valence electrons. The van der Waals surface area contributed by atoms with Gasteiger partial charge in [-0.05, 0) is 12.8 Å². The molecule has 1 aromatic heterocycles. The molecule has 1 N–H and O–H groups in total. The van der Waals surface area contributed by atoms with Gasteiger partial charge in [0, 0.05) is 18.3 Å². The Kier molecular flexibility index (Phi) is 3.02. The van der Waals surface area contributed by atoms with E-state index in [1.807, 2.05) is 6.07 Å². The van der Waals surface area contributed by atoms with Gasteiger partial charge in [-0.3, -0.25) is 0 Å². The number of nitrogens with zero attached hydrogens (tertiary/aromatic N) is 2. The fourth-order valence-electron chi connectivity index (χ4n) is 0.966. The van der Waals surface area contributed by atoms with Crippen LogP contribution < -0.4 is 5.32 Å². The summed E-state index contributed by atoms with van der Waals surface area (Å²) in [6.45, 7) is 7.20. The van der Waals surface area contributed by atoms with Crippen molar-refractivity contribution in [3.8, 4) is 0 Å². The van der Waals surface area contributed by atoms with Gasteiger partial charge in [0.2, 0.25) is 0 Å². The molecule has 0 spiro atoms. The second-order valence-corrected chi connectivity index (χ2v) is 3.01. The predicted octanol–water partition coefficient (Wildman–Crippen LogP) is 2.03. The largest absolute Gasteiger partial charge is 0.370 e. The first-order valence-electron chi connectivity index (χ1n) is 4.29. The summed E-state index contributed by atoms with van der Waals surface area (Å²) >= 11 is 0. The number of anilines is 1. The molecule has 3 nitrogen and oxygen atoms in total. The van der Waals surface area contributed by atoms with Crippen molar-refractivity contribution < 1.29 is 0 Å². The van der Waals surface area contributed by atoms with Crippen LogP contribution in [0.3, 0.4) is 0 Å². The van der Waals surface area contributed by atoms with Crippen molar-refractivity contribution in [2.45, 2.75) is 26.7 Å². The quantitative estimate of drug-likeness (QED) is 0.744. The molecular formula is C9H15N3. The van der Waals surface area contributed by atoms with E-state index in [1.54, 1.807) is 6.33 Å². The van der Waals surface area contributed by atoms with E-state index < -0.39 is 0 Å². The number of nitrogens with one attached hydrogen (secondary N) is 1. The van der Waals surface area contributed by atoms with E-state index in [0.717, 1.165) is 18.1 Å². The lowest BCUT2D eigenvalue weighted by molar-refractivity contribution is 0.814. The van der Waals surface area contributed by atoms with Crippen molar-refractivity contribution in [1.29, 1.82) is 0 Å². The molecule has 1 aromatic rings. The number of hydrogen-bond donors (Lipinski definition) is 1. The first-order valence-corrected chi connectivity index (χ1v) is 4.29. The van der Waals surface area contributed by atoms with Gasteiger partial charge < -0.3 is 5.32 Å². The zero-order chi connectivity index (χ0) is 8.97. The molecule has 0 aliphatic rings.